The van der Waals surface area contributed by atoms with Gasteiger partial charge in [-0.1, -0.05) is 6.92 Å². The van der Waals surface area contributed by atoms with E-state index in [1.165, 1.54) is 4.90 Å². The fraction of sp³-hybridized carbons (Fsp3) is 0.538. The molecule has 1 rings (SSSR count). The smallest absolute Gasteiger partial charge is 0.267 e. The van der Waals surface area contributed by atoms with Crippen LogP contribution in [0, 0.1) is 0 Å². The average molecular weight is 330 g/mol. The van der Waals surface area contributed by atoms with Crippen LogP contribution in [0.2, 0.25) is 0 Å². The van der Waals surface area contributed by atoms with Gasteiger partial charge >= 0.3 is 0 Å². The Bertz CT molecular complexity index is 455. The minimum Gasteiger partial charge on any atom is -0.350 e. The van der Waals surface area contributed by atoms with E-state index in [4.69, 9.17) is 0 Å². The maximum Gasteiger partial charge on any atom is 0.267 e. The zero-order valence-electron chi connectivity index (χ0n) is 11.6. The standard InChI is InChI=1S/C13H20BrN3O2/c1-4-7-17-9-10(14)8-11(17)13(19)15-6-5-12(18)16(2)3/h8-9H,4-7H2,1-3H3,(H,15,19). The van der Waals surface area contributed by atoms with E-state index in [9.17, 15) is 9.59 Å². The summed E-state index contributed by atoms with van der Waals surface area (Å²) in [7, 11) is 3.40. The molecule has 19 heavy (non-hydrogen) atoms. The molecule has 0 fully saturated rings. The van der Waals surface area contributed by atoms with Crippen LogP contribution in [-0.2, 0) is 11.3 Å². The van der Waals surface area contributed by atoms with E-state index in [0.29, 0.717) is 18.7 Å². The molecule has 0 aliphatic rings. The average Bonchev–Trinajstić information content (AvgIpc) is 2.70. The molecule has 0 unspecified atom stereocenters. The predicted molar refractivity (Wildman–Crippen MR) is 78.1 cm³/mol. The summed E-state index contributed by atoms with van der Waals surface area (Å²) < 4.78 is 2.79. The topological polar surface area (TPSA) is 54.3 Å². The SMILES string of the molecule is CCCn1cc(Br)cc1C(=O)NCCC(=O)N(C)C. The molecule has 0 saturated heterocycles. The Morgan fingerprint density at radius 2 is 2.11 bits per heavy atom. The zero-order valence-corrected chi connectivity index (χ0v) is 13.2. The minimum absolute atomic E-state index is 0.00502. The van der Waals surface area contributed by atoms with E-state index in [1.54, 1.807) is 20.2 Å². The van der Waals surface area contributed by atoms with Gasteiger partial charge < -0.3 is 14.8 Å². The molecule has 0 atom stereocenters. The fourth-order valence-electron chi connectivity index (χ4n) is 1.69. The van der Waals surface area contributed by atoms with Crippen LogP contribution in [-0.4, -0.2) is 41.9 Å². The molecule has 6 heteroatoms. The number of aryl methyl sites for hydroxylation is 1. The number of halogens is 1. The third-order valence-electron chi connectivity index (χ3n) is 2.68. The maximum atomic E-state index is 12.0. The molecule has 0 bridgehead atoms. The normalized spacial score (nSPS) is 10.3. The summed E-state index contributed by atoms with van der Waals surface area (Å²) in [4.78, 5) is 24.9. The van der Waals surface area contributed by atoms with E-state index in [1.807, 2.05) is 10.8 Å². The first-order valence-corrected chi connectivity index (χ1v) is 7.09. The number of nitrogens with zero attached hydrogens (tertiary/aromatic N) is 2. The second kappa shape index (κ2) is 7.33. The molecule has 1 N–H and O–H groups in total. The van der Waals surface area contributed by atoms with Crippen molar-refractivity contribution in [3.05, 3.63) is 22.4 Å². The van der Waals surface area contributed by atoms with Gasteiger partial charge in [-0.25, -0.2) is 0 Å². The number of aromatic nitrogens is 1. The molecule has 5 nitrogen and oxygen atoms in total. The van der Waals surface area contributed by atoms with Gasteiger partial charge in [0.05, 0.1) is 0 Å². The molecule has 1 aromatic heterocycles. The van der Waals surface area contributed by atoms with Crippen molar-refractivity contribution in [2.24, 2.45) is 0 Å². The summed E-state index contributed by atoms with van der Waals surface area (Å²) in [6.07, 6.45) is 3.16. The van der Waals surface area contributed by atoms with Gasteiger partial charge in [-0.15, -0.1) is 0 Å². The molecule has 0 radical (unpaired) electrons. The van der Waals surface area contributed by atoms with Crippen LogP contribution < -0.4 is 5.32 Å². The fourth-order valence-corrected chi connectivity index (χ4v) is 2.15. The van der Waals surface area contributed by atoms with Crippen LogP contribution in [0.25, 0.3) is 0 Å². The van der Waals surface area contributed by atoms with Gasteiger partial charge in [-0.2, -0.15) is 0 Å². The van der Waals surface area contributed by atoms with Gasteiger partial charge in [0.2, 0.25) is 5.91 Å². The van der Waals surface area contributed by atoms with Crippen molar-refractivity contribution in [3.63, 3.8) is 0 Å². The summed E-state index contributed by atoms with van der Waals surface area (Å²) in [5.74, 6) is -0.142. The van der Waals surface area contributed by atoms with E-state index < -0.39 is 0 Å². The molecule has 1 heterocycles. The van der Waals surface area contributed by atoms with Crippen LogP contribution >= 0.6 is 15.9 Å². The summed E-state index contributed by atoms with van der Waals surface area (Å²) in [5, 5.41) is 2.77. The zero-order chi connectivity index (χ0) is 14.4. The minimum atomic E-state index is -0.147. The Kier molecular flexibility index (Phi) is 6.08. The van der Waals surface area contributed by atoms with Crippen LogP contribution in [0.15, 0.2) is 16.7 Å². The number of carbonyl (C=O) groups is 2. The van der Waals surface area contributed by atoms with Crippen molar-refractivity contribution in [2.75, 3.05) is 20.6 Å². The van der Waals surface area contributed by atoms with Crippen molar-refractivity contribution in [3.8, 4) is 0 Å². The van der Waals surface area contributed by atoms with Gasteiger partial charge in [0.15, 0.2) is 0 Å². The summed E-state index contributed by atoms with van der Waals surface area (Å²) >= 11 is 3.37. The summed E-state index contributed by atoms with van der Waals surface area (Å²) in [6.45, 7) is 3.21. The Morgan fingerprint density at radius 3 is 2.68 bits per heavy atom. The second-order valence-corrected chi connectivity index (χ2v) is 5.45. The number of rotatable bonds is 6. The quantitative estimate of drug-likeness (QED) is 0.866. The van der Waals surface area contributed by atoms with Crippen molar-refractivity contribution >= 4 is 27.7 Å². The largest absolute Gasteiger partial charge is 0.350 e. The van der Waals surface area contributed by atoms with Gasteiger partial charge in [-0.05, 0) is 28.4 Å². The highest BCUT2D eigenvalue weighted by Gasteiger charge is 2.13. The maximum absolute atomic E-state index is 12.0. The molecule has 0 saturated carbocycles. The van der Waals surface area contributed by atoms with Crippen LogP contribution in [0.3, 0.4) is 0 Å². The third kappa shape index (κ3) is 4.70. The van der Waals surface area contributed by atoms with Crippen molar-refractivity contribution in [1.82, 2.24) is 14.8 Å². The number of carbonyl (C=O) groups excluding carboxylic acids is 2. The van der Waals surface area contributed by atoms with E-state index >= 15 is 0 Å². The molecule has 106 valence electrons. The van der Waals surface area contributed by atoms with E-state index in [0.717, 1.165) is 17.4 Å². The van der Waals surface area contributed by atoms with E-state index in [2.05, 4.69) is 28.2 Å². The highest BCUT2D eigenvalue weighted by atomic mass is 79.9. The lowest BCUT2D eigenvalue weighted by Gasteiger charge is -2.11. The van der Waals surface area contributed by atoms with Crippen molar-refractivity contribution < 1.29 is 9.59 Å². The highest BCUT2D eigenvalue weighted by molar-refractivity contribution is 9.10. The Hall–Kier alpha value is -1.30. The van der Waals surface area contributed by atoms with E-state index in [-0.39, 0.29) is 11.8 Å². The number of amides is 2. The van der Waals surface area contributed by atoms with Crippen molar-refractivity contribution in [1.29, 1.82) is 0 Å². The Balaban J connectivity index is 2.56. The lowest BCUT2D eigenvalue weighted by Crippen LogP contribution is -2.31. The monoisotopic (exact) mass is 329 g/mol. The first-order valence-electron chi connectivity index (χ1n) is 6.29. The van der Waals surface area contributed by atoms with Gasteiger partial charge in [0, 0.05) is 44.3 Å². The van der Waals surface area contributed by atoms with Gasteiger partial charge in [-0.3, -0.25) is 9.59 Å². The molecule has 0 aromatic carbocycles. The predicted octanol–water partition coefficient (Wildman–Crippen LogP) is 1.87. The summed E-state index contributed by atoms with van der Waals surface area (Å²) in [5.41, 5.74) is 0.617. The Morgan fingerprint density at radius 1 is 1.42 bits per heavy atom. The lowest BCUT2D eigenvalue weighted by atomic mass is 10.3. The first-order chi connectivity index (χ1) is 8.95. The van der Waals surface area contributed by atoms with Crippen LogP contribution in [0.5, 0.6) is 0 Å². The second-order valence-electron chi connectivity index (χ2n) is 4.53. The third-order valence-corrected chi connectivity index (χ3v) is 3.12. The van der Waals surface area contributed by atoms with Crippen molar-refractivity contribution in [2.45, 2.75) is 26.3 Å². The molecule has 0 aliphatic heterocycles. The molecule has 2 amide bonds. The number of hydrogen-bond donors (Lipinski definition) is 1. The molecular weight excluding hydrogens is 310 g/mol. The van der Waals surface area contributed by atoms with Gasteiger partial charge in [0.1, 0.15) is 5.69 Å². The van der Waals surface area contributed by atoms with Gasteiger partial charge in [0.25, 0.3) is 5.91 Å². The summed E-state index contributed by atoms with van der Waals surface area (Å²) in [6, 6.07) is 1.79. The molecule has 0 aliphatic carbocycles. The first kappa shape index (κ1) is 15.8. The van der Waals surface area contributed by atoms with Crippen LogP contribution in [0.4, 0.5) is 0 Å². The van der Waals surface area contributed by atoms with Crippen LogP contribution in [0.1, 0.15) is 30.3 Å². The number of hydrogen-bond acceptors (Lipinski definition) is 2. The number of nitrogens with one attached hydrogen (secondary N) is 1. The molecular formula is C13H20BrN3O2. The molecule has 1 aromatic rings. The molecule has 0 spiro atoms. The Labute approximate surface area is 122 Å². The highest BCUT2D eigenvalue weighted by Crippen LogP contribution is 2.15. The lowest BCUT2D eigenvalue weighted by molar-refractivity contribution is -0.128.